The summed E-state index contributed by atoms with van der Waals surface area (Å²) in [4.78, 5) is 9.94. The summed E-state index contributed by atoms with van der Waals surface area (Å²) in [6.07, 6.45) is -6.54. The van der Waals surface area contributed by atoms with Gasteiger partial charge in [0.2, 0.25) is 5.79 Å². The number of rotatable bonds is 3. The van der Waals surface area contributed by atoms with Crippen molar-refractivity contribution in [2.75, 3.05) is 6.61 Å². The fourth-order valence-electron chi connectivity index (χ4n) is 2.21. The lowest BCUT2D eigenvalue weighted by Crippen LogP contribution is -2.63. The molecule has 0 spiro atoms. The molecule has 9 heteroatoms. The molecule has 1 aliphatic rings. The summed E-state index contributed by atoms with van der Waals surface area (Å²) >= 11 is 0. The van der Waals surface area contributed by atoms with E-state index in [4.69, 9.17) is 9.84 Å². The summed E-state index contributed by atoms with van der Waals surface area (Å²) in [6.45, 7) is -0.694. The van der Waals surface area contributed by atoms with Gasteiger partial charge in [-0.1, -0.05) is 0 Å². The second kappa shape index (κ2) is 5.64. The van der Waals surface area contributed by atoms with Crippen LogP contribution in [0.25, 0.3) is 0 Å². The van der Waals surface area contributed by atoms with Gasteiger partial charge >= 0.3 is 0 Å². The Hall–Kier alpha value is -1.62. The predicted octanol–water partition coefficient (Wildman–Crippen LogP) is -1.79. The second-order valence-electron chi connectivity index (χ2n) is 4.77. The number of ether oxygens (including phenoxy) is 1. The van der Waals surface area contributed by atoms with Crippen LogP contribution in [0.2, 0.25) is 0 Å². The molecule has 0 bridgehead atoms. The minimum atomic E-state index is -2.40. The summed E-state index contributed by atoms with van der Waals surface area (Å²) in [7, 11) is 0. The van der Waals surface area contributed by atoms with E-state index in [-0.39, 0.29) is 11.3 Å². The van der Waals surface area contributed by atoms with Gasteiger partial charge < -0.3 is 30.3 Å². The molecule has 0 unspecified atom stereocenters. The van der Waals surface area contributed by atoms with E-state index in [9.17, 15) is 30.5 Å². The average Bonchev–Trinajstić information content (AvgIpc) is 2.49. The quantitative estimate of drug-likeness (QED) is 0.324. The highest BCUT2D eigenvalue weighted by molar-refractivity contribution is 5.35. The molecule has 1 aromatic carbocycles. The van der Waals surface area contributed by atoms with Gasteiger partial charge in [0.25, 0.3) is 5.69 Å². The van der Waals surface area contributed by atoms with Gasteiger partial charge in [0.1, 0.15) is 24.4 Å². The molecule has 0 amide bonds. The van der Waals surface area contributed by atoms with Gasteiger partial charge in [0, 0.05) is 17.7 Å². The first-order chi connectivity index (χ1) is 9.81. The average molecular weight is 301 g/mol. The van der Waals surface area contributed by atoms with Crippen molar-refractivity contribution in [3.05, 3.63) is 39.9 Å². The maximum absolute atomic E-state index is 10.6. The molecule has 9 nitrogen and oxygen atoms in total. The van der Waals surface area contributed by atoms with Gasteiger partial charge in [0.05, 0.1) is 11.5 Å². The number of benzene rings is 1. The third-order valence-corrected chi connectivity index (χ3v) is 3.46. The van der Waals surface area contributed by atoms with Crippen LogP contribution < -0.4 is 0 Å². The van der Waals surface area contributed by atoms with Crippen LogP contribution in [0.4, 0.5) is 5.69 Å². The summed E-state index contributed by atoms with van der Waals surface area (Å²) in [5, 5.41) is 59.3. The molecular weight excluding hydrogens is 286 g/mol. The van der Waals surface area contributed by atoms with Crippen LogP contribution in [0.15, 0.2) is 24.3 Å². The largest absolute Gasteiger partial charge is 0.394 e. The molecule has 1 heterocycles. The molecule has 2 rings (SSSR count). The molecule has 0 aliphatic carbocycles. The number of nitrogens with zero attached hydrogens (tertiary/aromatic N) is 1. The van der Waals surface area contributed by atoms with Crippen LogP contribution in [0.1, 0.15) is 5.56 Å². The van der Waals surface area contributed by atoms with Gasteiger partial charge in [-0.2, -0.15) is 0 Å². The van der Waals surface area contributed by atoms with E-state index in [0.717, 1.165) is 24.3 Å². The standard InChI is InChI=1S/C12H15NO8/c14-5-8-9(15)10(16)11(17)12(18,21-8)6-1-3-7(4-2-6)13(19)20/h1-4,8-11,14-18H,5H2/t8-,9+,10+,11-,12-/m1/s1. The molecule has 1 aliphatic heterocycles. The number of aliphatic hydroxyl groups is 5. The summed E-state index contributed by atoms with van der Waals surface area (Å²) < 4.78 is 5.08. The fraction of sp³-hybridized carbons (Fsp3) is 0.500. The van der Waals surface area contributed by atoms with Crippen molar-refractivity contribution in [1.82, 2.24) is 0 Å². The lowest BCUT2D eigenvalue weighted by atomic mass is 9.88. The topological polar surface area (TPSA) is 154 Å². The van der Waals surface area contributed by atoms with Crippen molar-refractivity contribution in [2.24, 2.45) is 0 Å². The van der Waals surface area contributed by atoms with Crippen LogP contribution in [-0.4, -0.2) is 61.5 Å². The second-order valence-corrected chi connectivity index (χ2v) is 4.77. The van der Waals surface area contributed by atoms with E-state index in [1.54, 1.807) is 0 Å². The Morgan fingerprint density at radius 1 is 1.19 bits per heavy atom. The Labute approximate surface area is 118 Å². The smallest absolute Gasteiger partial charge is 0.269 e. The van der Waals surface area contributed by atoms with Crippen molar-refractivity contribution in [2.45, 2.75) is 30.2 Å². The monoisotopic (exact) mass is 301 g/mol. The Balaban J connectivity index is 2.37. The summed E-state index contributed by atoms with van der Waals surface area (Å²) in [5.74, 6) is -2.40. The van der Waals surface area contributed by atoms with Gasteiger partial charge in [-0.3, -0.25) is 10.1 Å². The van der Waals surface area contributed by atoms with E-state index >= 15 is 0 Å². The predicted molar refractivity (Wildman–Crippen MR) is 67.0 cm³/mol. The molecular formula is C12H15NO8. The maximum atomic E-state index is 10.6. The van der Waals surface area contributed by atoms with Gasteiger partial charge in [0.15, 0.2) is 0 Å². The third-order valence-electron chi connectivity index (χ3n) is 3.46. The highest BCUT2D eigenvalue weighted by Crippen LogP contribution is 2.36. The van der Waals surface area contributed by atoms with Crippen molar-refractivity contribution >= 4 is 5.69 Å². The first kappa shape index (κ1) is 15.8. The maximum Gasteiger partial charge on any atom is 0.269 e. The van der Waals surface area contributed by atoms with Crippen molar-refractivity contribution in [1.29, 1.82) is 0 Å². The molecule has 1 fully saturated rings. The SMILES string of the molecule is O=[N+]([O-])c1ccc([C@@]2(O)O[C@H](CO)[C@H](O)[C@H](O)[C@H]2O)cc1. The Morgan fingerprint density at radius 3 is 2.24 bits per heavy atom. The summed E-state index contributed by atoms with van der Waals surface area (Å²) in [6, 6.07) is 4.49. The van der Waals surface area contributed by atoms with E-state index in [2.05, 4.69) is 0 Å². The molecule has 5 N–H and O–H groups in total. The van der Waals surface area contributed by atoms with Gasteiger partial charge in [-0.15, -0.1) is 0 Å². The number of aliphatic hydroxyl groups excluding tert-OH is 4. The number of nitro benzene ring substituents is 1. The fourth-order valence-corrected chi connectivity index (χ4v) is 2.21. The Kier molecular flexibility index (Phi) is 4.23. The molecule has 0 radical (unpaired) electrons. The van der Waals surface area contributed by atoms with Crippen LogP contribution in [0.5, 0.6) is 0 Å². The van der Waals surface area contributed by atoms with Crippen LogP contribution >= 0.6 is 0 Å². The van der Waals surface area contributed by atoms with E-state index in [1.807, 2.05) is 0 Å². The molecule has 0 saturated carbocycles. The van der Waals surface area contributed by atoms with E-state index < -0.39 is 41.7 Å². The normalized spacial score (nSPS) is 36.4. The number of hydrogen-bond acceptors (Lipinski definition) is 8. The van der Waals surface area contributed by atoms with Crippen molar-refractivity contribution in [3.63, 3.8) is 0 Å². The Bertz CT molecular complexity index is 518. The molecule has 1 saturated heterocycles. The lowest BCUT2D eigenvalue weighted by Gasteiger charge is -2.45. The third kappa shape index (κ3) is 2.62. The van der Waals surface area contributed by atoms with Crippen molar-refractivity contribution < 1.29 is 35.2 Å². The lowest BCUT2D eigenvalue weighted by molar-refractivity contribution is -0.385. The molecule has 21 heavy (non-hydrogen) atoms. The zero-order valence-corrected chi connectivity index (χ0v) is 10.7. The highest BCUT2D eigenvalue weighted by Gasteiger charge is 2.53. The highest BCUT2D eigenvalue weighted by atomic mass is 16.7. The number of hydrogen-bond donors (Lipinski definition) is 5. The minimum absolute atomic E-state index is 0.0509. The van der Waals surface area contributed by atoms with Crippen LogP contribution in [-0.2, 0) is 10.5 Å². The zero-order chi connectivity index (χ0) is 15.8. The minimum Gasteiger partial charge on any atom is -0.394 e. The zero-order valence-electron chi connectivity index (χ0n) is 10.7. The molecule has 0 aromatic heterocycles. The van der Waals surface area contributed by atoms with Crippen LogP contribution in [0, 0.1) is 10.1 Å². The van der Waals surface area contributed by atoms with Gasteiger partial charge in [-0.25, -0.2) is 0 Å². The number of nitro groups is 1. The summed E-state index contributed by atoms with van der Waals surface area (Å²) in [5.41, 5.74) is -0.281. The van der Waals surface area contributed by atoms with Crippen LogP contribution in [0.3, 0.4) is 0 Å². The molecule has 1 aromatic rings. The van der Waals surface area contributed by atoms with E-state index in [1.165, 1.54) is 0 Å². The first-order valence-electron chi connectivity index (χ1n) is 6.11. The van der Waals surface area contributed by atoms with Crippen molar-refractivity contribution in [3.8, 4) is 0 Å². The Morgan fingerprint density at radius 2 is 1.76 bits per heavy atom. The molecule has 116 valence electrons. The molecule has 5 atom stereocenters. The number of non-ortho nitro benzene ring substituents is 1. The first-order valence-corrected chi connectivity index (χ1v) is 6.11. The van der Waals surface area contributed by atoms with E-state index in [0.29, 0.717) is 0 Å². The van der Waals surface area contributed by atoms with Gasteiger partial charge in [-0.05, 0) is 12.1 Å².